The van der Waals surface area contributed by atoms with E-state index in [0.717, 1.165) is 57.0 Å². The zero-order chi connectivity index (χ0) is 21.5. The molecule has 3 fully saturated rings. The molecular formula is C21H25F3N2O4. The first-order chi connectivity index (χ1) is 14.1. The van der Waals surface area contributed by atoms with Crippen molar-refractivity contribution in [2.75, 3.05) is 26.2 Å². The van der Waals surface area contributed by atoms with Crippen LogP contribution in [0.5, 0.6) is 5.75 Å². The van der Waals surface area contributed by atoms with Gasteiger partial charge in [-0.1, -0.05) is 0 Å². The van der Waals surface area contributed by atoms with Crippen LogP contribution in [0.25, 0.3) is 0 Å². The lowest BCUT2D eigenvalue weighted by molar-refractivity contribution is -0.159. The van der Waals surface area contributed by atoms with Gasteiger partial charge in [0.2, 0.25) is 0 Å². The highest BCUT2D eigenvalue weighted by Gasteiger charge is 2.52. The summed E-state index contributed by atoms with van der Waals surface area (Å²) in [5.41, 5.74) is -0.0960. The molecule has 2 aliphatic carbocycles. The summed E-state index contributed by atoms with van der Waals surface area (Å²) in [5, 5.41) is 2.73. The van der Waals surface area contributed by atoms with Gasteiger partial charge in [-0.05, 0) is 56.1 Å². The van der Waals surface area contributed by atoms with Gasteiger partial charge >= 0.3 is 12.6 Å². The lowest BCUT2D eigenvalue weighted by atomic mass is 9.57. The lowest BCUT2D eigenvalue weighted by Crippen LogP contribution is -2.64. The number of rotatable bonds is 8. The summed E-state index contributed by atoms with van der Waals surface area (Å²) in [5.74, 6) is -1.59. The Hall–Kier alpha value is -2.29. The van der Waals surface area contributed by atoms with Crippen LogP contribution >= 0.6 is 0 Å². The van der Waals surface area contributed by atoms with Crippen molar-refractivity contribution in [3.05, 3.63) is 29.6 Å². The monoisotopic (exact) mass is 426 g/mol. The number of carbonyl (C=O) groups is 2. The van der Waals surface area contributed by atoms with Crippen LogP contribution in [0.4, 0.5) is 13.2 Å². The molecule has 164 valence electrons. The predicted molar refractivity (Wildman–Crippen MR) is 101 cm³/mol. The number of benzene rings is 1. The quantitative estimate of drug-likeness (QED) is 0.648. The van der Waals surface area contributed by atoms with Gasteiger partial charge in [-0.3, -0.25) is 14.5 Å². The number of halogens is 3. The molecule has 4 rings (SSSR count). The highest BCUT2D eigenvalue weighted by Crippen LogP contribution is 2.51. The maximum atomic E-state index is 13.5. The molecule has 0 aromatic heterocycles. The van der Waals surface area contributed by atoms with Gasteiger partial charge in [0.25, 0.3) is 5.91 Å². The molecule has 1 spiro atoms. The van der Waals surface area contributed by atoms with Crippen LogP contribution < -0.4 is 10.1 Å². The molecule has 1 N–H and O–H groups in total. The summed E-state index contributed by atoms with van der Waals surface area (Å²) in [6.45, 7) is 1.31. The fourth-order valence-corrected chi connectivity index (χ4v) is 4.55. The smallest absolute Gasteiger partial charge is 0.387 e. The van der Waals surface area contributed by atoms with Crippen molar-refractivity contribution in [2.24, 2.45) is 11.3 Å². The van der Waals surface area contributed by atoms with Gasteiger partial charge in [-0.2, -0.15) is 8.78 Å². The Bertz CT molecular complexity index is 830. The fourth-order valence-electron chi connectivity index (χ4n) is 4.55. The van der Waals surface area contributed by atoms with E-state index in [2.05, 4.69) is 15.0 Å². The van der Waals surface area contributed by atoms with Gasteiger partial charge < -0.3 is 14.8 Å². The van der Waals surface area contributed by atoms with E-state index in [0.29, 0.717) is 19.0 Å². The number of nitrogens with one attached hydrogen (secondary N) is 1. The maximum absolute atomic E-state index is 13.5. The normalized spacial score (nSPS) is 21.6. The van der Waals surface area contributed by atoms with Crippen LogP contribution in [-0.2, 0) is 9.53 Å². The minimum atomic E-state index is -3.09. The number of amides is 1. The Morgan fingerprint density at radius 3 is 2.57 bits per heavy atom. The summed E-state index contributed by atoms with van der Waals surface area (Å²) in [6, 6.07) is 2.89. The van der Waals surface area contributed by atoms with E-state index in [1.54, 1.807) is 0 Å². The Morgan fingerprint density at radius 1 is 1.23 bits per heavy atom. The standard InChI is InChI=1S/C21H25F3N2O4/c1-20(2-3-20)30-17(27)10-26-11-21(12-26)7-13(8-21)9-25-18(28)14-4-15(22)6-16(5-14)29-19(23)24/h4-6,13,19H,2-3,7-12H2,1H3,(H,25,28). The van der Waals surface area contributed by atoms with Crippen molar-refractivity contribution in [3.8, 4) is 5.75 Å². The van der Waals surface area contributed by atoms with E-state index < -0.39 is 18.3 Å². The van der Waals surface area contributed by atoms with E-state index in [9.17, 15) is 22.8 Å². The van der Waals surface area contributed by atoms with Crippen LogP contribution in [0.1, 0.15) is 43.0 Å². The van der Waals surface area contributed by atoms with Gasteiger partial charge in [-0.15, -0.1) is 0 Å². The van der Waals surface area contributed by atoms with Crippen molar-refractivity contribution in [1.82, 2.24) is 10.2 Å². The summed E-state index contributed by atoms with van der Waals surface area (Å²) >= 11 is 0. The maximum Gasteiger partial charge on any atom is 0.387 e. The summed E-state index contributed by atoms with van der Waals surface area (Å²) in [4.78, 5) is 26.2. The van der Waals surface area contributed by atoms with Gasteiger partial charge in [0.1, 0.15) is 17.2 Å². The Morgan fingerprint density at radius 2 is 1.93 bits per heavy atom. The molecule has 0 unspecified atom stereocenters. The molecule has 3 aliphatic rings. The molecule has 1 saturated heterocycles. The molecule has 1 aromatic carbocycles. The van der Waals surface area contributed by atoms with Crippen LogP contribution in [0.15, 0.2) is 18.2 Å². The second-order valence-electron chi connectivity index (χ2n) is 9.11. The first kappa shape index (κ1) is 21.0. The van der Waals surface area contributed by atoms with Gasteiger partial charge in [0.15, 0.2) is 0 Å². The Labute approximate surface area is 172 Å². The first-order valence-electron chi connectivity index (χ1n) is 10.1. The average molecular weight is 426 g/mol. The number of alkyl halides is 2. The predicted octanol–water partition coefficient (Wildman–Crippen LogP) is 2.96. The topological polar surface area (TPSA) is 67.9 Å². The zero-order valence-electron chi connectivity index (χ0n) is 16.8. The number of carbonyl (C=O) groups excluding carboxylic acids is 2. The largest absolute Gasteiger partial charge is 0.458 e. The molecule has 1 amide bonds. The van der Waals surface area contributed by atoms with E-state index in [-0.39, 0.29) is 28.3 Å². The Balaban J connectivity index is 1.17. The highest BCUT2D eigenvalue weighted by molar-refractivity contribution is 5.94. The number of hydrogen-bond acceptors (Lipinski definition) is 5. The molecule has 1 aliphatic heterocycles. The third kappa shape index (κ3) is 4.88. The van der Waals surface area contributed by atoms with Crippen molar-refractivity contribution < 1.29 is 32.2 Å². The van der Waals surface area contributed by atoms with E-state index in [4.69, 9.17) is 4.74 Å². The SMILES string of the molecule is CC1(OC(=O)CN2CC3(CC(CNC(=O)c4cc(F)cc(OC(F)F)c4)C3)C2)CC1. The molecule has 0 radical (unpaired) electrons. The molecular weight excluding hydrogens is 401 g/mol. The van der Waals surface area contributed by atoms with Gasteiger partial charge in [-0.25, -0.2) is 4.39 Å². The Kier molecular flexibility index (Phi) is 5.42. The first-order valence-corrected chi connectivity index (χ1v) is 10.1. The van der Waals surface area contributed by atoms with Gasteiger partial charge in [0, 0.05) is 31.3 Å². The van der Waals surface area contributed by atoms with E-state index in [1.165, 1.54) is 0 Å². The molecule has 1 aromatic rings. The second-order valence-corrected chi connectivity index (χ2v) is 9.11. The average Bonchev–Trinajstić information content (AvgIpc) is 3.29. The van der Waals surface area contributed by atoms with E-state index >= 15 is 0 Å². The third-order valence-electron chi connectivity index (χ3n) is 6.14. The summed E-state index contributed by atoms with van der Waals surface area (Å²) < 4.78 is 47.8. The van der Waals surface area contributed by atoms with E-state index in [1.807, 2.05) is 6.92 Å². The van der Waals surface area contributed by atoms with Crippen molar-refractivity contribution in [1.29, 1.82) is 0 Å². The summed E-state index contributed by atoms with van der Waals surface area (Å²) in [7, 11) is 0. The van der Waals surface area contributed by atoms with Crippen molar-refractivity contribution in [3.63, 3.8) is 0 Å². The molecule has 6 nitrogen and oxygen atoms in total. The number of likely N-dealkylation sites (tertiary alicyclic amines) is 1. The third-order valence-corrected chi connectivity index (χ3v) is 6.14. The summed E-state index contributed by atoms with van der Waals surface area (Å²) in [6.07, 6.45) is 3.76. The number of nitrogens with zero attached hydrogens (tertiary/aromatic N) is 1. The zero-order valence-corrected chi connectivity index (χ0v) is 16.8. The molecule has 9 heteroatoms. The highest BCUT2D eigenvalue weighted by atomic mass is 19.3. The molecule has 2 saturated carbocycles. The number of ether oxygens (including phenoxy) is 2. The van der Waals surface area contributed by atoms with Crippen LogP contribution in [0.2, 0.25) is 0 Å². The van der Waals surface area contributed by atoms with Crippen LogP contribution in [-0.4, -0.2) is 55.2 Å². The van der Waals surface area contributed by atoms with Crippen LogP contribution in [0, 0.1) is 17.2 Å². The number of hydrogen-bond donors (Lipinski definition) is 1. The van der Waals surface area contributed by atoms with Gasteiger partial charge in [0.05, 0.1) is 6.54 Å². The minimum absolute atomic E-state index is 0.0580. The molecule has 0 bridgehead atoms. The lowest BCUT2D eigenvalue weighted by Gasteiger charge is -2.59. The molecule has 1 heterocycles. The fraction of sp³-hybridized carbons (Fsp3) is 0.619. The number of esters is 1. The second kappa shape index (κ2) is 7.76. The van der Waals surface area contributed by atoms with Crippen LogP contribution in [0.3, 0.4) is 0 Å². The molecule has 0 atom stereocenters. The minimum Gasteiger partial charge on any atom is -0.458 e. The van der Waals surface area contributed by atoms with Crippen molar-refractivity contribution in [2.45, 2.75) is 44.8 Å². The molecule has 30 heavy (non-hydrogen) atoms. The van der Waals surface area contributed by atoms with Crippen molar-refractivity contribution >= 4 is 11.9 Å².